The maximum absolute atomic E-state index is 12.3. The van der Waals surface area contributed by atoms with Crippen LogP contribution in [0.25, 0.3) is 0 Å². The molecule has 0 bridgehead atoms. The van der Waals surface area contributed by atoms with Crippen molar-refractivity contribution in [3.05, 3.63) is 29.3 Å². The molecule has 5 heteroatoms. The summed E-state index contributed by atoms with van der Waals surface area (Å²) in [6, 6.07) is 7.92. The number of carbonyl (C=O) groups is 1. The Morgan fingerprint density at radius 2 is 1.90 bits per heavy atom. The Balaban J connectivity index is 1.52. The number of halogens is 1. The summed E-state index contributed by atoms with van der Waals surface area (Å²) in [6.07, 6.45) is 2.88. The minimum atomic E-state index is 0.0547. The average Bonchev–Trinajstić information content (AvgIpc) is 3.32. The predicted molar refractivity (Wildman–Crippen MR) is 85.6 cm³/mol. The van der Waals surface area contributed by atoms with Crippen LogP contribution in [0.1, 0.15) is 19.3 Å². The van der Waals surface area contributed by atoms with Gasteiger partial charge in [0.05, 0.1) is 10.7 Å². The number of carbonyl (C=O) groups excluding carboxylic acids is 1. The summed E-state index contributed by atoms with van der Waals surface area (Å²) in [5.41, 5.74) is 7.11. The quantitative estimate of drug-likeness (QED) is 0.927. The van der Waals surface area contributed by atoms with Crippen molar-refractivity contribution in [1.82, 2.24) is 4.90 Å². The van der Waals surface area contributed by atoms with Crippen molar-refractivity contribution in [1.29, 1.82) is 0 Å². The minimum absolute atomic E-state index is 0.0547. The van der Waals surface area contributed by atoms with E-state index in [2.05, 4.69) is 4.90 Å². The zero-order valence-electron chi connectivity index (χ0n) is 12.2. The Bertz CT molecular complexity index is 510. The number of hydrogen-bond donors (Lipinski definition) is 1. The first-order valence-electron chi connectivity index (χ1n) is 7.68. The second kappa shape index (κ2) is 6.24. The number of piperazine rings is 1. The topological polar surface area (TPSA) is 49.6 Å². The van der Waals surface area contributed by atoms with Crippen LogP contribution in [0, 0.1) is 5.92 Å². The molecule has 2 fully saturated rings. The van der Waals surface area contributed by atoms with Gasteiger partial charge in [-0.15, -0.1) is 0 Å². The van der Waals surface area contributed by atoms with Gasteiger partial charge in [-0.3, -0.25) is 4.79 Å². The van der Waals surface area contributed by atoms with E-state index >= 15 is 0 Å². The van der Waals surface area contributed by atoms with Gasteiger partial charge in [-0.2, -0.15) is 0 Å². The van der Waals surface area contributed by atoms with Crippen molar-refractivity contribution >= 4 is 23.2 Å². The molecule has 1 aliphatic heterocycles. The monoisotopic (exact) mass is 307 g/mol. The van der Waals surface area contributed by atoms with Gasteiger partial charge in [-0.05, 0) is 30.9 Å². The molecule has 0 radical (unpaired) electrons. The van der Waals surface area contributed by atoms with Gasteiger partial charge in [0.15, 0.2) is 0 Å². The lowest BCUT2D eigenvalue weighted by Gasteiger charge is -2.36. The maximum Gasteiger partial charge on any atom is 0.224 e. The minimum Gasteiger partial charge on any atom is -0.367 e. The summed E-state index contributed by atoms with van der Waals surface area (Å²) in [4.78, 5) is 16.4. The van der Waals surface area contributed by atoms with E-state index in [0.717, 1.165) is 36.9 Å². The first kappa shape index (κ1) is 14.7. The average molecular weight is 308 g/mol. The molecule has 3 rings (SSSR count). The molecule has 1 unspecified atom stereocenters. The molecule has 1 aromatic rings. The van der Waals surface area contributed by atoms with Crippen LogP contribution in [-0.4, -0.2) is 43.0 Å². The standard InChI is InChI=1S/C16H22ClN3O/c17-13-3-1-2-4-15(13)19-7-9-20(10-8-19)16(21)11-14(18)12-5-6-12/h1-4,12,14H,5-11,18H2. The molecule has 1 saturated heterocycles. The Morgan fingerprint density at radius 1 is 1.24 bits per heavy atom. The van der Waals surface area contributed by atoms with Crippen LogP contribution in [0.2, 0.25) is 5.02 Å². The highest BCUT2D eigenvalue weighted by Gasteiger charge is 2.31. The summed E-state index contributed by atoms with van der Waals surface area (Å²) >= 11 is 6.23. The number of anilines is 1. The molecule has 1 saturated carbocycles. The largest absolute Gasteiger partial charge is 0.367 e. The number of rotatable bonds is 4. The summed E-state index contributed by atoms with van der Waals surface area (Å²) in [5, 5.41) is 0.771. The number of hydrogen-bond acceptors (Lipinski definition) is 3. The molecule has 1 aliphatic carbocycles. The van der Waals surface area contributed by atoms with Crippen molar-refractivity contribution in [3.8, 4) is 0 Å². The van der Waals surface area contributed by atoms with E-state index < -0.39 is 0 Å². The third kappa shape index (κ3) is 3.50. The summed E-state index contributed by atoms with van der Waals surface area (Å²) in [6.45, 7) is 3.16. The third-order valence-corrected chi connectivity index (χ3v) is 4.78. The molecule has 114 valence electrons. The zero-order chi connectivity index (χ0) is 14.8. The summed E-state index contributed by atoms with van der Waals surface area (Å²) in [5.74, 6) is 0.784. The zero-order valence-corrected chi connectivity index (χ0v) is 12.9. The van der Waals surface area contributed by atoms with E-state index in [-0.39, 0.29) is 11.9 Å². The lowest BCUT2D eigenvalue weighted by Crippen LogP contribution is -2.50. The van der Waals surface area contributed by atoms with Crippen molar-refractivity contribution in [2.24, 2.45) is 11.7 Å². The molecular weight excluding hydrogens is 286 g/mol. The predicted octanol–water partition coefficient (Wildman–Crippen LogP) is 2.12. The fraction of sp³-hybridized carbons (Fsp3) is 0.562. The van der Waals surface area contributed by atoms with Crippen LogP contribution in [0.4, 0.5) is 5.69 Å². The van der Waals surface area contributed by atoms with Gasteiger partial charge in [0.2, 0.25) is 5.91 Å². The summed E-state index contributed by atoms with van der Waals surface area (Å²) in [7, 11) is 0. The van der Waals surface area contributed by atoms with Crippen molar-refractivity contribution in [2.45, 2.75) is 25.3 Å². The second-order valence-electron chi connectivity index (χ2n) is 6.02. The molecular formula is C16H22ClN3O. The SMILES string of the molecule is NC(CC(=O)N1CCN(c2ccccc2Cl)CC1)C1CC1. The Labute approximate surface area is 130 Å². The second-order valence-corrected chi connectivity index (χ2v) is 6.43. The Hall–Kier alpha value is -1.26. The highest BCUT2D eigenvalue weighted by atomic mass is 35.5. The maximum atomic E-state index is 12.3. The van der Waals surface area contributed by atoms with Crippen molar-refractivity contribution in [2.75, 3.05) is 31.1 Å². The highest BCUT2D eigenvalue weighted by molar-refractivity contribution is 6.33. The first-order chi connectivity index (χ1) is 10.1. The van der Waals surface area contributed by atoms with Gasteiger partial charge in [-0.1, -0.05) is 23.7 Å². The van der Waals surface area contributed by atoms with Crippen LogP contribution >= 0.6 is 11.6 Å². The Morgan fingerprint density at radius 3 is 2.52 bits per heavy atom. The molecule has 2 N–H and O–H groups in total. The van der Waals surface area contributed by atoms with Gasteiger partial charge in [0.25, 0.3) is 0 Å². The van der Waals surface area contributed by atoms with E-state index in [4.69, 9.17) is 17.3 Å². The van der Waals surface area contributed by atoms with E-state index in [1.807, 2.05) is 29.2 Å². The van der Waals surface area contributed by atoms with Crippen LogP contribution in [0.3, 0.4) is 0 Å². The van der Waals surface area contributed by atoms with Gasteiger partial charge >= 0.3 is 0 Å². The van der Waals surface area contributed by atoms with E-state index in [1.165, 1.54) is 12.8 Å². The Kier molecular flexibility index (Phi) is 4.36. The normalized spacial score (nSPS) is 20.5. The fourth-order valence-electron chi connectivity index (χ4n) is 2.93. The van der Waals surface area contributed by atoms with Gasteiger partial charge in [0.1, 0.15) is 0 Å². The van der Waals surface area contributed by atoms with Crippen LogP contribution in [0.5, 0.6) is 0 Å². The number of nitrogens with zero attached hydrogens (tertiary/aromatic N) is 2. The van der Waals surface area contributed by atoms with E-state index in [0.29, 0.717) is 12.3 Å². The lowest BCUT2D eigenvalue weighted by atomic mass is 10.1. The number of amides is 1. The summed E-state index contributed by atoms with van der Waals surface area (Å²) < 4.78 is 0. The van der Waals surface area contributed by atoms with Crippen molar-refractivity contribution in [3.63, 3.8) is 0 Å². The molecule has 1 atom stereocenters. The lowest BCUT2D eigenvalue weighted by molar-refractivity contribution is -0.131. The molecule has 2 aliphatic rings. The van der Waals surface area contributed by atoms with Crippen LogP contribution in [0.15, 0.2) is 24.3 Å². The van der Waals surface area contributed by atoms with Crippen LogP contribution < -0.4 is 10.6 Å². The highest BCUT2D eigenvalue weighted by Crippen LogP contribution is 2.33. The fourth-order valence-corrected chi connectivity index (χ4v) is 3.18. The van der Waals surface area contributed by atoms with Gasteiger partial charge in [0, 0.05) is 38.6 Å². The molecule has 4 nitrogen and oxygen atoms in total. The van der Waals surface area contributed by atoms with E-state index in [1.54, 1.807) is 0 Å². The number of benzene rings is 1. The van der Waals surface area contributed by atoms with Crippen LogP contribution in [-0.2, 0) is 4.79 Å². The van der Waals surface area contributed by atoms with E-state index in [9.17, 15) is 4.79 Å². The molecule has 1 heterocycles. The van der Waals surface area contributed by atoms with Crippen molar-refractivity contribution < 1.29 is 4.79 Å². The molecule has 0 spiro atoms. The molecule has 0 aromatic heterocycles. The number of para-hydroxylation sites is 1. The molecule has 1 aromatic carbocycles. The first-order valence-corrected chi connectivity index (χ1v) is 8.06. The smallest absolute Gasteiger partial charge is 0.224 e. The molecule has 1 amide bonds. The third-order valence-electron chi connectivity index (χ3n) is 4.46. The number of nitrogens with two attached hydrogens (primary N) is 1. The van der Waals surface area contributed by atoms with Gasteiger partial charge < -0.3 is 15.5 Å². The van der Waals surface area contributed by atoms with Gasteiger partial charge in [-0.25, -0.2) is 0 Å². The molecule has 21 heavy (non-hydrogen) atoms.